The van der Waals surface area contributed by atoms with Gasteiger partial charge in [-0.3, -0.25) is 0 Å². The molecule has 2 aromatic rings. The van der Waals surface area contributed by atoms with Gasteiger partial charge in [0.2, 0.25) is 10.0 Å². The van der Waals surface area contributed by atoms with Crippen LogP contribution in [0.25, 0.3) is 0 Å². The molecule has 0 aromatic carbocycles. The highest BCUT2D eigenvalue weighted by Gasteiger charge is 2.18. The van der Waals surface area contributed by atoms with Crippen LogP contribution < -0.4 is 10.0 Å². The first-order chi connectivity index (χ1) is 9.13. The lowest BCUT2D eigenvalue weighted by atomic mass is 10.4. The van der Waals surface area contributed by atoms with Crippen LogP contribution in [0.2, 0.25) is 0 Å². The zero-order chi connectivity index (χ0) is 13.7. The van der Waals surface area contributed by atoms with Gasteiger partial charge >= 0.3 is 0 Å². The van der Waals surface area contributed by atoms with Gasteiger partial charge in [0.05, 0.1) is 12.2 Å². The van der Waals surface area contributed by atoms with Gasteiger partial charge in [-0.15, -0.1) is 0 Å². The van der Waals surface area contributed by atoms with E-state index < -0.39 is 10.0 Å². The predicted molar refractivity (Wildman–Crippen MR) is 69.8 cm³/mol. The Balaban J connectivity index is 2.19. The maximum absolute atomic E-state index is 12.2. The zero-order valence-corrected chi connectivity index (χ0v) is 11.1. The minimum Gasteiger partial charge on any atom is -0.372 e. The molecule has 0 bridgehead atoms. The molecule has 0 spiro atoms. The van der Waals surface area contributed by atoms with E-state index in [4.69, 9.17) is 0 Å². The predicted octanol–water partition coefficient (Wildman–Crippen LogP) is 0.392. The highest BCUT2D eigenvalue weighted by atomic mass is 32.2. The first-order valence-corrected chi connectivity index (χ1v) is 6.99. The molecule has 19 heavy (non-hydrogen) atoms. The van der Waals surface area contributed by atoms with Gasteiger partial charge in [0.1, 0.15) is 17.0 Å². The highest BCUT2D eigenvalue weighted by Crippen LogP contribution is 2.17. The van der Waals surface area contributed by atoms with Crippen LogP contribution in [-0.2, 0) is 16.6 Å². The van der Waals surface area contributed by atoms with Crippen LogP contribution in [0.5, 0.6) is 0 Å². The Morgan fingerprint density at radius 2 is 2.05 bits per heavy atom. The van der Waals surface area contributed by atoms with E-state index in [-0.39, 0.29) is 11.4 Å². The van der Waals surface area contributed by atoms with Crippen molar-refractivity contribution in [1.82, 2.24) is 19.7 Å². The molecular weight excluding hydrogens is 266 g/mol. The average molecular weight is 279 g/mol. The van der Waals surface area contributed by atoms with Crippen molar-refractivity contribution in [3.05, 3.63) is 42.6 Å². The molecule has 2 heterocycles. The lowest BCUT2D eigenvalue weighted by Gasteiger charge is -2.09. The van der Waals surface area contributed by atoms with Gasteiger partial charge in [-0.2, -0.15) is 0 Å². The second-order valence-corrected chi connectivity index (χ2v) is 5.36. The number of hydrogen-bond acceptors (Lipinski definition) is 6. The summed E-state index contributed by atoms with van der Waals surface area (Å²) in [7, 11) is -2.02. The molecule has 100 valence electrons. The summed E-state index contributed by atoms with van der Waals surface area (Å²) in [4.78, 5) is 11.8. The lowest BCUT2D eigenvalue weighted by Crippen LogP contribution is -2.24. The Labute approximate surface area is 111 Å². The van der Waals surface area contributed by atoms with Gasteiger partial charge < -0.3 is 5.32 Å². The third-order valence-electron chi connectivity index (χ3n) is 2.38. The lowest BCUT2D eigenvalue weighted by molar-refractivity contribution is 0.580. The molecule has 2 aromatic heterocycles. The Morgan fingerprint density at radius 1 is 1.21 bits per heavy atom. The summed E-state index contributed by atoms with van der Waals surface area (Å²) < 4.78 is 26.8. The number of nitrogens with zero attached hydrogens (tertiary/aromatic N) is 3. The molecule has 0 amide bonds. The molecule has 0 saturated carbocycles. The first kappa shape index (κ1) is 13.4. The smallest absolute Gasteiger partial charge is 0.244 e. The van der Waals surface area contributed by atoms with Crippen molar-refractivity contribution in [2.24, 2.45) is 0 Å². The average Bonchev–Trinajstić information content (AvgIpc) is 2.46. The molecule has 0 aliphatic carbocycles. The van der Waals surface area contributed by atoms with Crippen LogP contribution in [-0.4, -0.2) is 30.4 Å². The number of hydrogen-bond donors (Lipinski definition) is 2. The van der Waals surface area contributed by atoms with Crippen molar-refractivity contribution in [2.45, 2.75) is 11.4 Å². The monoisotopic (exact) mass is 279 g/mol. The molecule has 0 atom stereocenters. The molecule has 0 aliphatic rings. The fourth-order valence-electron chi connectivity index (χ4n) is 1.46. The second-order valence-electron chi connectivity index (χ2n) is 3.63. The van der Waals surface area contributed by atoms with E-state index in [1.807, 2.05) is 0 Å². The quantitative estimate of drug-likeness (QED) is 0.822. The van der Waals surface area contributed by atoms with E-state index in [0.717, 1.165) is 0 Å². The van der Waals surface area contributed by atoms with Crippen LogP contribution >= 0.6 is 0 Å². The molecule has 0 aliphatic heterocycles. The van der Waals surface area contributed by atoms with E-state index in [0.29, 0.717) is 11.5 Å². The molecule has 2 rings (SSSR count). The van der Waals surface area contributed by atoms with E-state index >= 15 is 0 Å². The largest absolute Gasteiger partial charge is 0.372 e. The maximum atomic E-state index is 12.2. The molecule has 0 unspecified atom stereocenters. The molecular formula is C11H13N5O2S. The summed E-state index contributed by atoms with van der Waals surface area (Å²) in [5, 5.41) is 2.74. The first-order valence-electron chi connectivity index (χ1n) is 5.51. The Hall–Kier alpha value is -2.06. The number of sulfonamides is 1. The summed E-state index contributed by atoms with van der Waals surface area (Å²) >= 11 is 0. The van der Waals surface area contributed by atoms with E-state index in [1.54, 1.807) is 25.4 Å². The fraction of sp³-hybridized carbons (Fsp3) is 0.182. The molecule has 0 radical (unpaired) electrons. The highest BCUT2D eigenvalue weighted by molar-refractivity contribution is 7.89. The van der Waals surface area contributed by atoms with E-state index in [9.17, 15) is 8.42 Å². The van der Waals surface area contributed by atoms with Crippen molar-refractivity contribution in [2.75, 3.05) is 12.4 Å². The molecule has 7 nitrogen and oxygen atoms in total. The normalized spacial score (nSPS) is 11.2. The van der Waals surface area contributed by atoms with Crippen molar-refractivity contribution >= 4 is 15.8 Å². The van der Waals surface area contributed by atoms with Crippen molar-refractivity contribution in [3.63, 3.8) is 0 Å². The van der Waals surface area contributed by atoms with Crippen molar-refractivity contribution in [3.8, 4) is 0 Å². The zero-order valence-electron chi connectivity index (χ0n) is 10.2. The topological polar surface area (TPSA) is 96.9 Å². The minimum absolute atomic E-state index is 0.100. The van der Waals surface area contributed by atoms with Gasteiger partial charge in [0.15, 0.2) is 0 Å². The SMILES string of the molecule is CNc1ncccc1S(=O)(=O)NCc1ccncn1. The standard InChI is InChI=1S/C11H13N5O2S/c1-12-11-10(3-2-5-14-11)19(17,18)16-7-9-4-6-13-8-15-9/h2-6,8,16H,7H2,1H3,(H,12,14). The van der Waals surface area contributed by atoms with E-state index in [1.165, 1.54) is 18.6 Å². The Morgan fingerprint density at radius 3 is 2.74 bits per heavy atom. The second kappa shape index (κ2) is 5.72. The van der Waals surface area contributed by atoms with Gasteiger partial charge in [0.25, 0.3) is 0 Å². The van der Waals surface area contributed by atoms with Gasteiger partial charge in [-0.1, -0.05) is 0 Å². The van der Waals surface area contributed by atoms with E-state index in [2.05, 4.69) is 25.0 Å². The third-order valence-corrected chi connectivity index (χ3v) is 3.82. The fourth-order valence-corrected chi connectivity index (χ4v) is 2.62. The number of anilines is 1. The van der Waals surface area contributed by atoms with Crippen LogP contribution in [0.15, 0.2) is 41.8 Å². The summed E-state index contributed by atoms with van der Waals surface area (Å²) in [5.74, 6) is 0.303. The third kappa shape index (κ3) is 3.24. The number of nitrogens with one attached hydrogen (secondary N) is 2. The summed E-state index contributed by atoms with van der Waals surface area (Å²) in [6, 6.07) is 4.70. The molecule has 2 N–H and O–H groups in total. The van der Waals surface area contributed by atoms with Crippen LogP contribution in [0.1, 0.15) is 5.69 Å². The Bertz CT molecular complexity index is 645. The van der Waals surface area contributed by atoms with Gasteiger partial charge in [-0.05, 0) is 18.2 Å². The minimum atomic E-state index is -3.64. The molecule has 0 fully saturated rings. The van der Waals surface area contributed by atoms with Crippen molar-refractivity contribution < 1.29 is 8.42 Å². The Kier molecular flexibility index (Phi) is 4.03. The van der Waals surface area contributed by atoms with Gasteiger partial charge in [-0.25, -0.2) is 28.1 Å². The van der Waals surface area contributed by atoms with Crippen LogP contribution in [0, 0.1) is 0 Å². The number of rotatable bonds is 5. The number of pyridine rings is 1. The summed E-state index contributed by atoms with van der Waals surface area (Å²) in [5.41, 5.74) is 0.591. The maximum Gasteiger partial charge on any atom is 0.244 e. The van der Waals surface area contributed by atoms with Gasteiger partial charge in [0, 0.05) is 19.4 Å². The summed E-state index contributed by atoms with van der Waals surface area (Å²) in [6.45, 7) is 0.100. The molecule has 0 saturated heterocycles. The number of aromatic nitrogens is 3. The van der Waals surface area contributed by atoms with Crippen molar-refractivity contribution in [1.29, 1.82) is 0 Å². The summed E-state index contributed by atoms with van der Waals surface area (Å²) in [6.07, 6.45) is 4.45. The van der Waals surface area contributed by atoms with Crippen LogP contribution in [0.3, 0.4) is 0 Å². The van der Waals surface area contributed by atoms with Crippen LogP contribution in [0.4, 0.5) is 5.82 Å². The molecule has 8 heteroatoms.